The molecule has 1 aliphatic heterocycles. The quantitative estimate of drug-likeness (QED) is 0.0228. The Bertz CT molecular complexity index is 1820. The number of aliphatic hydroxyl groups excluding tert-OH is 2. The van der Waals surface area contributed by atoms with E-state index in [0.717, 1.165) is 103 Å². The van der Waals surface area contributed by atoms with E-state index in [-0.39, 0.29) is 25.9 Å². The molecule has 12 nitrogen and oxygen atoms in total. The number of ether oxygens (including phenoxy) is 5. The fraction of sp³-hybridized carbons (Fsp3) is 0.681. The summed E-state index contributed by atoms with van der Waals surface area (Å²) in [4.78, 5) is 51.3. The van der Waals surface area contributed by atoms with E-state index >= 15 is 0 Å². The number of carbonyl (C=O) groups excluding carboxylic acids is 3. The average Bonchev–Trinajstić information content (AvgIpc) is 3.53. The number of allylic oxidation sites excluding steroid dienone is 18. The van der Waals surface area contributed by atoms with Gasteiger partial charge in [0.05, 0.1) is 6.61 Å². The maximum Gasteiger partial charge on any atom is 0.335 e. The van der Waals surface area contributed by atoms with Gasteiger partial charge in [0.2, 0.25) is 0 Å². The van der Waals surface area contributed by atoms with Crippen molar-refractivity contribution in [1.29, 1.82) is 0 Å². The number of carbonyl (C=O) groups is 4. The van der Waals surface area contributed by atoms with E-state index in [1.54, 1.807) is 0 Å². The van der Waals surface area contributed by atoms with Gasteiger partial charge < -0.3 is 39.0 Å². The van der Waals surface area contributed by atoms with Gasteiger partial charge in [-0.05, 0) is 96.3 Å². The number of rotatable bonds is 53. The summed E-state index contributed by atoms with van der Waals surface area (Å²) in [5, 5.41) is 31.6. The van der Waals surface area contributed by atoms with Crippen LogP contribution in [0.5, 0.6) is 0 Å². The molecule has 1 fully saturated rings. The van der Waals surface area contributed by atoms with Crippen LogP contribution in [0, 0.1) is 0 Å². The van der Waals surface area contributed by atoms with Gasteiger partial charge in [-0.3, -0.25) is 14.4 Å². The van der Waals surface area contributed by atoms with Gasteiger partial charge in [-0.15, -0.1) is 0 Å². The minimum absolute atomic E-state index is 0.0242. The molecule has 0 amide bonds. The van der Waals surface area contributed by atoms with Crippen LogP contribution in [-0.2, 0) is 42.9 Å². The summed E-state index contributed by atoms with van der Waals surface area (Å²) in [6.45, 7) is 5.74. The molecule has 0 aliphatic carbocycles. The van der Waals surface area contributed by atoms with E-state index in [4.69, 9.17) is 23.7 Å². The third kappa shape index (κ3) is 45.6. The third-order valence-corrected chi connectivity index (χ3v) is 13.8. The molecular formula is C69H112O12. The molecule has 0 spiro atoms. The van der Waals surface area contributed by atoms with E-state index < -0.39 is 67.3 Å². The van der Waals surface area contributed by atoms with Gasteiger partial charge >= 0.3 is 23.9 Å². The number of aliphatic hydroxyl groups is 2. The molecule has 81 heavy (non-hydrogen) atoms. The molecule has 6 unspecified atom stereocenters. The number of unbranched alkanes of at least 4 members (excludes halogenated alkanes) is 21. The molecule has 460 valence electrons. The monoisotopic (exact) mass is 1130 g/mol. The first kappa shape index (κ1) is 74.4. The predicted octanol–water partition coefficient (Wildman–Crippen LogP) is 17.0. The van der Waals surface area contributed by atoms with Gasteiger partial charge in [0, 0.05) is 19.3 Å². The SMILES string of the molecule is CC/C=C\C/C=C\C/C=C\C/C=C\C/C=C\CCCC(=O)OC1C(OCC(COC(=O)CCCCCC/C=C\C/C=C\C/C=C\C/C=C\CC)OC(=O)CCCCCCCCCCCCCCCCCCC)OC(C(=O)O)C(O)C1O. The van der Waals surface area contributed by atoms with Crippen LogP contribution in [0.15, 0.2) is 109 Å². The summed E-state index contributed by atoms with van der Waals surface area (Å²) in [6.07, 6.45) is 63.4. The first-order valence-corrected chi connectivity index (χ1v) is 31.9. The smallest absolute Gasteiger partial charge is 0.335 e. The van der Waals surface area contributed by atoms with Crippen molar-refractivity contribution in [3.8, 4) is 0 Å². The van der Waals surface area contributed by atoms with Crippen molar-refractivity contribution >= 4 is 23.9 Å². The molecule has 0 aromatic heterocycles. The zero-order chi connectivity index (χ0) is 58.9. The Morgan fingerprint density at radius 3 is 1.22 bits per heavy atom. The second kappa shape index (κ2) is 55.9. The lowest BCUT2D eigenvalue weighted by Gasteiger charge is -2.40. The van der Waals surface area contributed by atoms with E-state index in [1.165, 1.54) is 83.5 Å². The molecule has 0 aromatic carbocycles. The van der Waals surface area contributed by atoms with E-state index in [1.807, 2.05) is 12.2 Å². The van der Waals surface area contributed by atoms with Crippen molar-refractivity contribution < 1.29 is 58.2 Å². The van der Waals surface area contributed by atoms with Crippen LogP contribution >= 0.6 is 0 Å². The van der Waals surface area contributed by atoms with Crippen molar-refractivity contribution in [2.45, 2.75) is 289 Å². The Balaban J connectivity index is 2.72. The first-order valence-electron chi connectivity index (χ1n) is 31.9. The average molecular weight is 1130 g/mol. The van der Waals surface area contributed by atoms with Crippen LogP contribution in [0.2, 0.25) is 0 Å². The van der Waals surface area contributed by atoms with E-state index in [2.05, 4.69) is 118 Å². The summed E-state index contributed by atoms with van der Waals surface area (Å²) in [5.74, 6) is -3.23. The van der Waals surface area contributed by atoms with Crippen molar-refractivity contribution in [3.63, 3.8) is 0 Å². The van der Waals surface area contributed by atoms with Crippen molar-refractivity contribution in [3.05, 3.63) is 109 Å². The van der Waals surface area contributed by atoms with Gasteiger partial charge in [0.15, 0.2) is 24.6 Å². The van der Waals surface area contributed by atoms with Crippen LogP contribution < -0.4 is 0 Å². The highest BCUT2D eigenvalue weighted by molar-refractivity contribution is 5.74. The van der Waals surface area contributed by atoms with Crippen LogP contribution in [0.3, 0.4) is 0 Å². The van der Waals surface area contributed by atoms with Crippen LogP contribution in [-0.4, -0.2) is 89.2 Å². The molecule has 1 saturated heterocycles. The molecular weight excluding hydrogens is 1020 g/mol. The molecule has 0 saturated carbocycles. The molecule has 3 N–H and O–H groups in total. The van der Waals surface area contributed by atoms with Gasteiger partial charge in [0.25, 0.3) is 0 Å². The highest BCUT2D eigenvalue weighted by atomic mass is 16.7. The second-order valence-electron chi connectivity index (χ2n) is 21.3. The number of hydrogen-bond acceptors (Lipinski definition) is 11. The molecule has 0 radical (unpaired) electrons. The number of carboxylic acids is 1. The largest absolute Gasteiger partial charge is 0.479 e. The Morgan fingerprint density at radius 2 is 0.790 bits per heavy atom. The van der Waals surface area contributed by atoms with Crippen LogP contribution in [0.4, 0.5) is 0 Å². The molecule has 6 atom stereocenters. The molecule has 1 aliphatic rings. The zero-order valence-electron chi connectivity index (χ0n) is 50.7. The molecule has 0 bridgehead atoms. The summed E-state index contributed by atoms with van der Waals surface area (Å²) in [5.41, 5.74) is 0. The fourth-order valence-electron chi connectivity index (χ4n) is 9.04. The third-order valence-electron chi connectivity index (χ3n) is 13.8. The highest BCUT2D eigenvalue weighted by Crippen LogP contribution is 2.26. The van der Waals surface area contributed by atoms with E-state index in [9.17, 15) is 34.5 Å². The van der Waals surface area contributed by atoms with Gasteiger partial charge in [-0.25, -0.2) is 4.79 Å². The highest BCUT2D eigenvalue weighted by Gasteiger charge is 2.50. The lowest BCUT2D eigenvalue weighted by Crippen LogP contribution is -2.61. The summed E-state index contributed by atoms with van der Waals surface area (Å²) in [6, 6.07) is 0. The predicted molar refractivity (Wildman–Crippen MR) is 330 cm³/mol. The van der Waals surface area contributed by atoms with Crippen LogP contribution in [0.25, 0.3) is 0 Å². The number of carboxylic acid groups (broad SMARTS) is 1. The maximum absolute atomic E-state index is 13.2. The Labute approximate surface area is 491 Å². The standard InChI is InChI=1S/C69H112O12/c1-4-7-10-13-16-19-22-25-28-31-34-37-40-43-46-49-52-55-61(70)77-58-60(79-62(71)56-53-50-47-44-41-38-35-32-29-26-23-20-17-14-11-8-5-2)59-78-69-67(65(74)64(73)66(81-69)68(75)76)80-63(72)57-54-51-48-45-42-39-36-33-30-27-24-21-18-15-12-9-6-3/h7,9-10,12,16,18-19,21,25,27-28,30,34,36-37,39,45,48,60,64-67,69,73-74H,4-6,8,11,13-15,17,20,22-24,26,29,31-33,35,38,40-44,46-47,49-59H2,1-3H3,(H,75,76)/b10-7-,12-9-,19-16-,21-18-,28-25-,30-27-,37-34-,39-36-,48-45-. The van der Waals surface area contributed by atoms with Gasteiger partial charge in [-0.1, -0.05) is 246 Å². The Hall–Kier alpha value is -4.62. The molecule has 1 heterocycles. The van der Waals surface area contributed by atoms with Crippen molar-refractivity contribution in [2.24, 2.45) is 0 Å². The summed E-state index contributed by atoms with van der Waals surface area (Å²) >= 11 is 0. The maximum atomic E-state index is 13.2. The number of aliphatic carboxylic acids is 1. The molecule has 12 heteroatoms. The minimum Gasteiger partial charge on any atom is -0.479 e. The fourth-order valence-corrected chi connectivity index (χ4v) is 9.04. The number of hydrogen-bond donors (Lipinski definition) is 3. The number of esters is 3. The topological polar surface area (TPSA) is 175 Å². The van der Waals surface area contributed by atoms with Crippen molar-refractivity contribution in [2.75, 3.05) is 13.2 Å². The zero-order valence-corrected chi connectivity index (χ0v) is 50.7. The Morgan fingerprint density at radius 1 is 0.420 bits per heavy atom. The van der Waals surface area contributed by atoms with E-state index in [0.29, 0.717) is 25.7 Å². The lowest BCUT2D eigenvalue weighted by molar-refractivity contribution is -0.301. The lowest BCUT2D eigenvalue weighted by atomic mass is 9.98. The first-order chi connectivity index (χ1) is 39.6. The summed E-state index contributed by atoms with van der Waals surface area (Å²) in [7, 11) is 0. The Kier molecular flexibility index (Phi) is 51.3. The molecule has 1 rings (SSSR count). The minimum atomic E-state index is -1.93. The summed E-state index contributed by atoms with van der Waals surface area (Å²) < 4.78 is 28.4. The second-order valence-corrected chi connectivity index (χ2v) is 21.3. The van der Waals surface area contributed by atoms with Crippen LogP contribution in [0.1, 0.15) is 252 Å². The van der Waals surface area contributed by atoms with Gasteiger partial charge in [-0.2, -0.15) is 0 Å². The van der Waals surface area contributed by atoms with Gasteiger partial charge in [0.1, 0.15) is 18.8 Å². The van der Waals surface area contributed by atoms with Crippen molar-refractivity contribution in [1.82, 2.24) is 0 Å². The normalized spacial score (nSPS) is 18.5. The molecule has 0 aromatic rings.